The van der Waals surface area contributed by atoms with Gasteiger partial charge in [0, 0.05) is 25.0 Å². The van der Waals surface area contributed by atoms with Crippen LogP contribution in [-0.2, 0) is 4.79 Å². The summed E-state index contributed by atoms with van der Waals surface area (Å²) in [6.45, 7) is 2.78. The van der Waals surface area contributed by atoms with Crippen LogP contribution in [-0.4, -0.2) is 30.4 Å². The minimum Gasteiger partial charge on any atom is -0.340 e. The van der Waals surface area contributed by atoms with Crippen LogP contribution in [0.5, 0.6) is 0 Å². The minimum absolute atomic E-state index is 0.291. The van der Waals surface area contributed by atoms with Crippen LogP contribution in [0.2, 0.25) is 0 Å². The molecule has 1 amide bonds. The molecule has 1 N–H and O–H groups in total. The van der Waals surface area contributed by atoms with E-state index in [0.717, 1.165) is 49.7 Å². The molecule has 1 saturated heterocycles. The van der Waals surface area contributed by atoms with Gasteiger partial charge in [0.05, 0.1) is 0 Å². The molecule has 1 aromatic carbocycles. The number of hydrogen-bond donors (Lipinski definition) is 1. The fourth-order valence-corrected chi connectivity index (χ4v) is 5.68. The lowest BCUT2D eigenvalue weighted by atomic mass is 9.96. The van der Waals surface area contributed by atoms with E-state index in [1.807, 2.05) is 0 Å². The predicted octanol–water partition coefficient (Wildman–Crippen LogP) is 2.45. The molecule has 4 atom stereocenters. The summed E-state index contributed by atoms with van der Waals surface area (Å²) in [6, 6.07) is 10.9. The summed E-state index contributed by atoms with van der Waals surface area (Å²) in [5.74, 6) is 4.19. The van der Waals surface area contributed by atoms with Crippen LogP contribution in [0, 0.1) is 29.6 Å². The van der Waals surface area contributed by atoms with Crippen molar-refractivity contribution < 1.29 is 4.79 Å². The second-order valence-electron chi connectivity index (χ2n) is 7.72. The minimum atomic E-state index is 0.291. The third-order valence-electron chi connectivity index (χ3n) is 6.67. The molecular weight excluding hydrogens is 272 g/mol. The summed E-state index contributed by atoms with van der Waals surface area (Å²) in [5.41, 5.74) is 1.31. The van der Waals surface area contributed by atoms with Gasteiger partial charge in [-0.1, -0.05) is 30.3 Å². The fourth-order valence-electron chi connectivity index (χ4n) is 5.68. The van der Waals surface area contributed by atoms with Crippen molar-refractivity contribution in [3.63, 3.8) is 0 Å². The van der Waals surface area contributed by atoms with Gasteiger partial charge in [0.2, 0.25) is 5.91 Å². The van der Waals surface area contributed by atoms with Crippen LogP contribution >= 0.6 is 0 Å². The number of rotatable bonds is 2. The molecule has 4 unspecified atom stereocenters. The largest absolute Gasteiger partial charge is 0.340 e. The average molecular weight is 296 g/mol. The normalized spacial score (nSPS) is 42.3. The number of amides is 1. The maximum Gasteiger partial charge on any atom is 0.226 e. The summed E-state index contributed by atoms with van der Waals surface area (Å²) in [7, 11) is 0. The van der Waals surface area contributed by atoms with Crippen LogP contribution in [0.15, 0.2) is 30.3 Å². The Morgan fingerprint density at radius 1 is 1.14 bits per heavy atom. The van der Waals surface area contributed by atoms with Gasteiger partial charge in [-0.2, -0.15) is 0 Å². The van der Waals surface area contributed by atoms with E-state index in [0.29, 0.717) is 17.9 Å². The lowest BCUT2D eigenvalue weighted by Gasteiger charge is -2.28. The van der Waals surface area contributed by atoms with Gasteiger partial charge in [0.25, 0.3) is 0 Å². The quantitative estimate of drug-likeness (QED) is 0.909. The van der Waals surface area contributed by atoms with E-state index in [1.54, 1.807) is 0 Å². The van der Waals surface area contributed by atoms with Gasteiger partial charge in [-0.15, -0.1) is 0 Å². The Bertz CT molecular complexity index is 572. The van der Waals surface area contributed by atoms with Crippen molar-refractivity contribution >= 4 is 5.91 Å². The zero-order valence-corrected chi connectivity index (χ0v) is 12.9. The summed E-state index contributed by atoms with van der Waals surface area (Å²) in [6.07, 6.45) is 3.77. The number of carbonyl (C=O) groups is 1. The highest BCUT2D eigenvalue weighted by Gasteiger charge is 2.70. The second kappa shape index (κ2) is 4.82. The monoisotopic (exact) mass is 296 g/mol. The Morgan fingerprint density at radius 3 is 2.59 bits per heavy atom. The lowest BCUT2D eigenvalue weighted by molar-refractivity contribution is -0.137. The van der Waals surface area contributed by atoms with Crippen molar-refractivity contribution in [2.24, 2.45) is 29.6 Å². The first-order chi connectivity index (χ1) is 10.8. The van der Waals surface area contributed by atoms with Gasteiger partial charge in [-0.05, 0) is 55.0 Å². The molecule has 3 nitrogen and oxygen atoms in total. The zero-order valence-electron chi connectivity index (χ0n) is 12.9. The van der Waals surface area contributed by atoms with Crippen molar-refractivity contribution in [1.29, 1.82) is 0 Å². The van der Waals surface area contributed by atoms with Gasteiger partial charge in [0.1, 0.15) is 0 Å². The molecule has 6 rings (SSSR count). The van der Waals surface area contributed by atoms with E-state index >= 15 is 0 Å². The molecular formula is C19H24N2O. The predicted molar refractivity (Wildman–Crippen MR) is 85.1 cm³/mol. The Balaban J connectivity index is 1.34. The highest BCUT2D eigenvalue weighted by molar-refractivity contribution is 5.81. The van der Waals surface area contributed by atoms with E-state index in [9.17, 15) is 4.79 Å². The second-order valence-corrected chi connectivity index (χ2v) is 7.72. The molecule has 5 aliphatic rings. The summed E-state index contributed by atoms with van der Waals surface area (Å²) < 4.78 is 0. The molecule has 0 spiro atoms. The topological polar surface area (TPSA) is 32.3 Å². The number of nitrogens with one attached hydrogen (secondary N) is 1. The van der Waals surface area contributed by atoms with E-state index in [4.69, 9.17) is 0 Å². The molecule has 22 heavy (non-hydrogen) atoms. The molecule has 116 valence electrons. The Labute approximate surface area is 132 Å². The van der Waals surface area contributed by atoms with Crippen LogP contribution in [0.3, 0.4) is 0 Å². The summed E-state index contributed by atoms with van der Waals surface area (Å²) in [5, 5.41) is 3.62. The molecule has 1 aliphatic heterocycles. The van der Waals surface area contributed by atoms with Crippen molar-refractivity contribution in [2.45, 2.75) is 25.3 Å². The van der Waals surface area contributed by atoms with E-state index < -0.39 is 0 Å². The third kappa shape index (κ3) is 1.88. The van der Waals surface area contributed by atoms with Gasteiger partial charge in [-0.3, -0.25) is 4.79 Å². The number of carbonyl (C=O) groups excluding carboxylic acids is 1. The fraction of sp³-hybridized carbons (Fsp3) is 0.632. The number of hydrogen-bond acceptors (Lipinski definition) is 2. The van der Waals surface area contributed by atoms with E-state index in [1.165, 1.54) is 18.4 Å². The lowest BCUT2D eigenvalue weighted by Crippen LogP contribution is -2.40. The smallest absolute Gasteiger partial charge is 0.226 e. The van der Waals surface area contributed by atoms with Crippen molar-refractivity contribution in [2.75, 3.05) is 19.6 Å². The molecule has 0 radical (unpaired) electrons. The molecule has 4 aliphatic carbocycles. The van der Waals surface area contributed by atoms with Gasteiger partial charge < -0.3 is 10.2 Å². The molecule has 0 aromatic heterocycles. The van der Waals surface area contributed by atoms with Crippen LogP contribution < -0.4 is 5.32 Å². The number of nitrogens with zero attached hydrogens (tertiary/aromatic N) is 1. The van der Waals surface area contributed by atoms with Crippen molar-refractivity contribution in [1.82, 2.24) is 10.2 Å². The molecule has 3 heteroatoms. The first kappa shape index (κ1) is 13.1. The molecule has 1 heterocycles. The average Bonchev–Trinajstić information content (AvgIpc) is 2.85. The molecule has 4 saturated carbocycles. The molecule has 4 bridgehead atoms. The van der Waals surface area contributed by atoms with E-state index in [-0.39, 0.29) is 0 Å². The van der Waals surface area contributed by atoms with Crippen molar-refractivity contribution in [3.8, 4) is 0 Å². The van der Waals surface area contributed by atoms with E-state index in [2.05, 4.69) is 40.5 Å². The van der Waals surface area contributed by atoms with Crippen LogP contribution in [0.4, 0.5) is 0 Å². The number of benzene rings is 1. The Morgan fingerprint density at radius 2 is 1.91 bits per heavy atom. The maximum atomic E-state index is 13.1. The highest BCUT2D eigenvalue weighted by atomic mass is 16.2. The zero-order chi connectivity index (χ0) is 14.7. The van der Waals surface area contributed by atoms with Gasteiger partial charge in [0.15, 0.2) is 0 Å². The SMILES string of the molecule is O=C(C1C2CC3C(C2)C31)N1CCCNC(c2ccccc2)C1. The Kier molecular flexibility index (Phi) is 2.88. The first-order valence-corrected chi connectivity index (χ1v) is 8.90. The van der Waals surface area contributed by atoms with Gasteiger partial charge >= 0.3 is 0 Å². The van der Waals surface area contributed by atoms with Crippen LogP contribution in [0.1, 0.15) is 30.9 Å². The maximum absolute atomic E-state index is 13.1. The molecule has 1 aromatic rings. The van der Waals surface area contributed by atoms with Crippen LogP contribution in [0.25, 0.3) is 0 Å². The molecule has 5 fully saturated rings. The Hall–Kier alpha value is -1.35. The van der Waals surface area contributed by atoms with Gasteiger partial charge in [-0.25, -0.2) is 0 Å². The standard InChI is InChI=1S/C19H24N2O/c22-19(17-13-9-14-15(10-13)18(14)17)21-8-4-7-20-16(11-21)12-5-2-1-3-6-12/h1-3,5-6,13-18,20H,4,7-11H2. The van der Waals surface area contributed by atoms with Crippen molar-refractivity contribution in [3.05, 3.63) is 35.9 Å². The summed E-state index contributed by atoms with van der Waals surface area (Å²) >= 11 is 0. The highest BCUT2D eigenvalue weighted by Crippen LogP contribution is 2.73. The first-order valence-electron chi connectivity index (χ1n) is 8.90. The summed E-state index contributed by atoms with van der Waals surface area (Å²) in [4.78, 5) is 15.3. The third-order valence-corrected chi connectivity index (χ3v) is 6.67.